The highest BCUT2D eigenvalue weighted by atomic mass is 19.4. The van der Waals surface area contributed by atoms with Crippen molar-refractivity contribution in [2.45, 2.75) is 137 Å². The number of hydrogen-bond acceptors (Lipinski definition) is 0. The largest absolute Gasteiger partial charge is 0.402 e. The van der Waals surface area contributed by atoms with Gasteiger partial charge in [-0.25, -0.2) is 9.13 Å². The van der Waals surface area contributed by atoms with E-state index in [1.807, 2.05) is 48.5 Å². The number of aromatic nitrogens is 2. The van der Waals surface area contributed by atoms with Crippen molar-refractivity contribution in [3.63, 3.8) is 0 Å². The Labute approximate surface area is 434 Å². The number of halogens is 6. The minimum Gasteiger partial charge on any atom is -0.227 e. The lowest BCUT2D eigenvalue weighted by Crippen LogP contribution is -2.43. The predicted molar refractivity (Wildman–Crippen MR) is 292 cm³/mol. The molecular weight excluding hydrogens is 935 g/mol. The van der Waals surface area contributed by atoms with E-state index in [1.165, 1.54) is 71.0 Å². The van der Waals surface area contributed by atoms with Gasteiger partial charge in [0.25, 0.3) is 5.82 Å². The Kier molecular flexibility index (Phi) is 15.7. The van der Waals surface area contributed by atoms with Crippen LogP contribution in [0.3, 0.4) is 0 Å². The molecule has 8 rings (SSSR count). The summed E-state index contributed by atoms with van der Waals surface area (Å²) in [5.41, 5.74) is 11.8. The van der Waals surface area contributed by atoms with Gasteiger partial charge in [-0.3, -0.25) is 0 Å². The maximum absolute atomic E-state index is 16.4. The lowest BCUT2D eigenvalue weighted by molar-refractivity contribution is -0.691. The quantitative estimate of drug-likeness (QED) is 0.0488. The van der Waals surface area contributed by atoms with Crippen LogP contribution in [0, 0.1) is 41.5 Å². The molecule has 2 nitrogen and oxygen atoms in total. The molecule has 0 aliphatic rings. The normalized spacial score (nSPS) is 13.1. The highest BCUT2D eigenvalue weighted by Gasteiger charge is 2.56. The van der Waals surface area contributed by atoms with Gasteiger partial charge in [0.05, 0.1) is 24.1 Å². The van der Waals surface area contributed by atoms with Crippen molar-refractivity contribution in [1.29, 1.82) is 0 Å². The molecule has 384 valence electrons. The van der Waals surface area contributed by atoms with Crippen LogP contribution in [0.5, 0.6) is 0 Å². The standard InChI is InChI=1S/C66H69F6N2/c1-10-11-40-73-48(6)49(7)74(62(73)61-46(4)42-45(3)43-47(61)5)41-14-12-13-39-64(66(70,71)72,59-35-29-56(30-36-59)53-21-19-51(20-22-53)50-17-15-44(2)16-18-50)60-37-31-57(32-38-60)54-25-23-52(24-26-54)55-27-33-58(34-28-55)63(8,9)65(67,68)69/h15-38,42-43H,10-14,39-41H2,1-9H3/q+1. The van der Waals surface area contributed by atoms with Crippen LogP contribution in [-0.4, -0.2) is 16.9 Å². The van der Waals surface area contributed by atoms with Crippen molar-refractivity contribution in [1.82, 2.24) is 4.57 Å². The van der Waals surface area contributed by atoms with Crippen LogP contribution in [0.2, 0.25) is 0 Å². The third-order valence-electron chi connectivity index (χ3n) is 15.6. The number of alkyl halides is 6. The molecule has 0 N–H and O–H groups in total. The molecule has 7 aromatic carbocycles. The Morgan fingerprint density at radius 1 is 0.432 bits per heavy atom. The third kappa shape index (κ3) is 10.8. The van der Waals surface area contributed by atoms with E-state index in [4.69, 9.17) is 0 Å². The minimum absolute atomic E-state index is 0.128. The molecule has 1 aromatic heterocycles. The summed E-state index contributed by atoms with van der Waals surface area (Å²) < 4.78 is 95.3. The monoisotopic (exact) mass is 1000 g/mol. The van der Waals surface area contributed by atoms with Gasteiger partial charge in [0, 0.05) is 13.8 Å². The number of unbranched alkanes of at least 4 members (excludes halogenated alkanes) is 3. The van der Waals surface area contributed by atoms with E-state index in [1.54, 1.807) is 48.5 Å². The maximum atomic E-state index is 16.4. The molecule has 1 heterocycles. The Morgan fingerprint density at radius 3 is 1.19 bits per heavy atom. The average molecular weight is 1000 g/mol. The van der Waals surface area contributed by atoms with E-state index in [0.717, 1.165) is 70.3 Å². The summed E-state index contributed by atoms with van der Waals surface area (Å²) in [6, 6.07) is 48.7. The summed E-state index contributed by atoms with van der Waals surface area (Å²) in [6.45, 7) is 19.0. The summed E-state index contributed by atoms with van der Waals surface area (Å²) in [5.74, 6) is 1.18. The molecule has 0 spiro atoms. The van der Waals surface area contributed by atoms with Crippen LogP contribution in [0.25, 0.3) is 55.9 Å². The maximum Gasteiger partial charge on any atom is 0.402 e. The molecule has 1 unspecified atom stereocenters. The number of rotatable bonds is 17. The fourth-order valence-corrected chi connectivity index (χ4v) is 10.9. The van der Waals surface area contributed by atoms with Crippen LogP contribution in [-0.2, 0) is 23.9 Å². The number of aryl methyl sites for hydroxylation is 4. The number of imidazole rings is 1. The van der Waals surface area contributed by atoms with E-state index in [2.05, 4.69) is 106 Å². The summed E-state index contributed by atoms with van der Waals surface area (Å²) >= 11 is 0. The molecule has 0 aliphatic heterocycles. The molecule has 0 amide bonds. The van der Waals surface area contributed by atoms with Crippen LogP contribution in [0.4, 0.5) is 26.3 Å². The van der Waals surface area contributed by atoms with Crippen LogP contribution in [0.1, 0.15) is 110 Å². The van der Waals surface area contributed by atoms with E-state index in [9.17, 15) is 13.2 Å². The first-order valence-corrected chi connectivity index (χ1v) is 26.1. The second kappa shape index (κ2) is 21.7. The fraction of sp³-hybridized carbons (Fsp3) is 0.318. The van der Waals surface area contributed by atoms with Crippen molar-refractivity contribution in [2.24, 2.45) is 0 Å². The van der Waals surface area contributed by atoms with E-state index < -0.39 is 23.2 Å². The molecule has 0 fully saturated rings. The number of benzene rings is 7. The first-order chi connectivity index (χ1) is 35.1. The molecule has 1 atom stereocenters. The smallest absolute Gasteiger partial charge is 0.227 e. The van der Waals surface area contributed by atoms with Crippen molar-refractivity contribution >= 4 is 0 Å². The van der Waals surface area contributed by atoms with Gasteiger partial charge in [-0.2, -0.15) is 26.3 Å². The molecule has 0 bridgehead atoms. The Hall–Kier alpha value is -6.67. The van der Waals surface area contributed by atoms with E-state index in [-0.39, 0.29) is 23.1 Å². The van der Waals surface area contributed by atoms with Crippen LogP contribution < -0.4 is 4.57 Å². The van der Waals surface area contributed by atoms with Crippen LogP contribution in [0.15, 0.2) is 158 Å². The molecule has 0 radical (unpaired) electrons. The second-order valence-corrected chi connectivity index (χ2v) is 21.0. The number of nitrogens with zero attached hydrogens (tertiary/aromatic N) is 2. The summed E-state index contributed by atoms with van der Waals surface area (Å²) in [7, 11) is 0. The molecule has 8 aromatic rings. The first-order valence-electron chi connectivity index (χ1n) is 26.1. The zero-order valence-electron chi connectivity index (χ0n) is 44.3. The van der Waals surface area contributed by atoms with Gasteiger partial charge in [-0.1, -0.05) is 189 Å². The Bertz CT molecular complexity index is 3150. The van der Waals surface area contributed by atoms with Gasteiger partial charge in [0.15, 0.2) is 0 Å². The van der Waals surface area contributed by atoms with Gasteiger partial charge in [-0.15, -0.1) is 0 Å². The second-order valence-electron chi connectivity index (χ2n) is 21.0. The van der Waals surface area contributed by atoms with E-state index >= 15 is 13.2 Å². The van der Waals surface area contributed by atoms with Gasteiger partial charge in [0.1, 0.15) is 16.8 Å². The van der Waals surface area contributed by atoms with Gasteiger partial charge >= 0.3 is 12.4 Å². The summed E-state index contributed by atoms with van der Waals surface area (Å²) in [6.07, 6.45) is -5.36. The topological polar surface area (TPSA) is 8.81 Å². The van der Waals surface area contributed by atoms with E-state index in [0.29, 0.717) is 19.4 Å². The molecule has 0 saturated heterocycles. The minimum atomic E-state index is -4.63. The highest BCUT2D eigenvalue weighted by molar-refractivity contribution is 5.73. The molecule has 0 aliphatic carbocycles. The Balaban J connectivity index is 1.09. The third-order valence-corrected chi connectivity index (χ3v) is 15.6. The van der Waals surface area contributed by atoms with Crippen molar-refractivity contribution in [2.75, 3.05) is 0 Å². The predicted octanol–water partition coefficient (Wildman–Crippen LogP) is 18.7. The Morgan fingerprint density at radius 2 is 0.811 bits per heavy atom. The molecule has 0 saturated carbocycles. The number of hydrogen-bond donors (Lipinski definition) is 0. The molecule has 74 heavy (non-hydrogen) atoms. The first kappa shape index (κ1) is 53.6. The highest BCUT2D eigenvalue weighted by Crippen LogP contribution is 2.51. The van der Waals surface area contributed by atoms with Gasteiger partial charge in [-0.05, 0) is 140 Å². The zero-order valence-corrected chi connectivity index (χ0v) is 44.3. The zero-order chi connectivity index (χ0) is 53.2. The van der Waals surface area contributed by atoms with Crippen molar-refractivity contribution < 1.29 is 30.9 Å². The van der Waals surface area contributed by atoms with Crippen molar-refractivity contribution in [3.05, 3.63) is 208 Å². The molecule has 8 heteroatoms. The SMILES string of the molecule is CCCCn1c(C)c(C)[n+](CCCCCC(c2ccc(-c3ccc(-c4ccc(C)cc4)cc3)cc2)(c2ccc(-c3ccc(-c4ccc(C(C)(C)C(F)(F)F)cc4)cc3)cc2)C(F)(F)F)c1-c1c(C)cc(C)cc1C. The summed E-state index contributed by atoms with van der Waals surface area (Å²) in [5, 5.41) is 0. The van der Waals surface area contributed by atoms with Gasteiger partial charge in [0.2, 0.25) is 0 Å². The van der Waals surface area contributed by atoms with Crippen LogP contribution >= 0.6 is 0 Å². The average Bonchev–Trinajstić information content (AvgIpc) is 3.60. The van der Waals surface area contributed by atoms with Gasteiger partial charge < -0.3 is 0 Å². The lowest BCUT2D eigenvalue weighted by atomic mass is 9.70. The summed E-state index contributed by atoms with van der Waals surface area (Å²) in [4.78, 5) is 0. The lowest BCUT2D eigenvalue weighted by Gasteiger charge is -2.37. The fourth-order valence-electron chi connectivity index (χ4n) is 10.9. The molecular formula is C66H69F6N2+. The van der Waals surface area contributed by atoms with Crippen molar-refractivity contribution in [3.8, 4) is 55.9 Å².